The zero-order valence-corrected chi connectivity index (χ0v) is 13.5. The number of imidazole rings is 1. The van der Waals surface area contributed by atoms with E-state index in [4.69, 9.17) is 21.7 Å². The van der Waals surface area contributed by atoms with E-state index in [9.17, 15) is 0 Å². The summed E-state index contributed by atoms with van der Waals surface area (Å²) in [6.07, 6.45) is 1.11. The van der Waals surface area contributed by atoms with E-state index >= 15 is 0 Å². The first-order valence-electron chi connectivity index (χ1n) is 6.89. The lowest BCUT2D eigenvalue weighted by atomic mass is 10.0. The Morgan fingerprint density at radius 2 is 1.80 bits per heavy atom. The number of benzene rings is 1. The average Bonchev–Trinajstić information content (AvgIpc) is 2.78. The van der Waals surface area contributed by atoms with Crippen LogP contribution >= 0.6 is 12.2 Å². The van der Waals surface area contributed by atoms with E-state index in [1.54, 1.807) is 14.2 Å². The van der Waals surface area contributed by atoms with Gasteiger partial charge in [-0.05, 0) is 25.1 Å². The van der Waals surface area contributed by atoms with Crippen molar-refractivity contribution in [3.05, 3.63) is 16.9 Å². The van der Waals surface area contributed by atoms with Gasteiger partial charge in [0.1, 0.15) is 0 Å². The van der Waals surface area contributed by atoms with E-state index in [-0.39, 0.29) is 0 Å². The van der Waals surface area contributed by atoms with Gasteiger partial charge in [0.05, 0.1) is 25.3 Å². The van der Waals surface area contributed by atoms with Gasteiger partial charge >= 0.3 is 0 Å². The van der Waals surface area contributed by atoms with E-state index in [0.29, 0.717) is 17.7 Å². The summed E-state index contributed by atoms with van der Waals surface area (Å²) >= 11 is 5.48. The summed E-state index contributed by atoms with van der Waals surface area (Å²) in [5, 5.41) is 0. The van der Waals surface area contributed by atoms with Gasteiger partial charge in [-0.25, -0.2) is 0 Å². The molecule has 0 aliphatic rings. The molecule has 20 heavy (non-hydrogen) atoms. The summed E-state index contributed by atoms with van der Waals surface area (Å²) in [7, 11) is 3.28. The lowest BCUT2D eigenvalue weighted by molar-refractivity contribution is 0.354. The quantitative estimate of drug-likeness (QED) is 0.835. The van der Waals surface area contributed by atoms with Crippen molar-refractivity contribution >= 4 is 23.3 Å². The molecule has 0 radical (unpaired) electrons. The van der Waals surface area contributed by atoms with Crippen molar-refractivity contribution in [1.82, 2.24) is 9.55 Å². The fourth-order valence-corrected chi connectivity index (χ4v) is 2.83. The maximum Gasteiger partial charge on any atom is 0.178 e. The molecule has 2 aromatic rings. The van der Waals surface area contributed by atoms with Gasteiger partial charge in [-0.2, -0.15) is 0 Å². The smallest absolute Gasteiger partial charge is 0.178 e. The molecule has 1 aromatic heterocycles. The summed E-state index contributed by atoms with van der Waals surface area (Å²) in [4.78, 5) is 3.26. The summed E-state index contributed by atoms with van der Waals surface area (Å²) in [6.45, 7) is 6.64. The first-order valence-corrected chi connectivity index (χ1v) is 7.30. The van der Waals surface area contributed by atoms with Crippen LogP contribution in [0.1, 0.15) is 33.2 Å². The lowest BCUT2D eigenvalue weighted by Crippen LogP contribution is -2.13. The van der Waals surface area contributed by atoms with E-state index in [1.165, 1.54) is 0 Å². The van der Waals surface area contributed by atoms with Crippen LogP contribution in [0.25, 0.3) is 11.0 Å². The van der Waals surface area contributed by atoms with Crippen molar-refractivity contribution in [3.8, 4) is 11.5 Å². The maximum atomic E-state index is 5.48. The maximum absolute atomic E-state index is 5.48. The van der Waals surface area contributed by atoms with Crippen LogP contribution in [-0.2, 0) is 0 Å². The first-order chi connectivity index (χ1) is 9.53. The number of ether oxygens (including phenoxy) is 2. The molecule has 1 aromatic carbocycles. The first kappa shape index (κ1) is 14.9. The van der Waals surface area contributed by atoms with Crippen LogP contribution in [0.4, 0.5) is 0 Å². The molecule has 0 aliphatic heterocycles. The monoisotopic (exact) mass is 294 g/mol. The van der Waals surface area contributed by atoms with Crippen molar-refractivity contribution in [2.45, 2.75) is 33.2 Å². The number of aromatic nitrogens is 2. The highest BCUT2D eigenvalue weighted by atomic mass is 32.1. The molecule has 2 atom stereocenters. The summed E-state index contributed by atoms with van der Waals surface area (Å²) < 4.78 is 13.6. The molecule has 0 saturated carbocycles. The Bertz CT molecular complexity index is 660. The third-order valence-electron chi connectivity index (χ3n) is 4.10. The Morgan fingerprint density at radius 1 is 1.20 bits per heavy atom. The molecular weight excluding hydrogens is 272 g/mol. The van der Waals surface area contributed by atoms with Crippen LogP contribution in [0.3, 0.4) is 0 Å². The normalized spacial score (nSPS) is 14.2. The van der Waals surface area contributed by atoms with Gasteiger partial charge in [-0.3, -0.25) is 0 Å². The van der Waals surface area contributed by atoms with Gasteiger partial charge < -0.3 is 19.0 Å². The third-order valence-corrected chi connectivity index (χ3v) is 4.40. The molecule has 1 heterocycles. The number of H-pyrrole nitrogens is 1. The SMILES string of the molecule is CCC(C)C(C)n1c(=S)[nH]c2cc(OC)c(OC)cc21. The predicted molar refractivity (Wildman–Crippen MR) is 84.4 cm³/mol. The van der Waals surface area contributed by atoms with E-state index in [0.717, 1.165) is 28.0 Å². The predicted octanol–water partition coefficient (Wildman–Crippen LogP) is 4.32. The van der Waals surface area contributed by atoms with Crippen LogP contribution < -0.4 is 9.47 Å². The molecule has 4 nitrogen and oxygen atoms in total. The van der Waals surface area contributed by atoms with Gasteiger partial charge in [0.25, 0.3) is 0 Å². The number of methoxy groups -OCH3 is 2. The number of aromatic amines is 1. The molecule has 0 fully saturated rings. The average molecular weight is 294 g/mol. The Kier molecular flexibility index (Phi) is 4.38. The van der Waals surface area contributed by atoms with Crippen molar-refractivity contribution in [1.29, 1.82) is 0 Å². The highest BCUT2D eigenvalue weighted by Crippen LogP contribution is 2.34. The molecule has 110 valence electrons. The van der Waals surface area contributed by atoms with Gasteiger partial charge in [-0.15, -0.1) is 0 Å². The van der Waals surface area contributed by atoms with E-state index in [2.05, 4.69) is 30.3 Å². The van der Waals surface area contributed by atoms with Gasteiger partial charge in [-0.1, -0.05) is 20.3 Å². The molecule has 0 aliphatic carbocycles. The van der Waals surface area contributed by atoms with E-state index < -0.39 is 0 Å². The Balaban J connectivity index is 2.67. The number of nitrogens with zero attached hydrogens (tertiary/aromatic N) is 1. The van der Waals surface area contributed by atoms with Gasteiger partial charge in [0, 0.05) is 18.2 Å². The fraction of sp³-hybridized carbons (Fsp3) is 0.533. The largest absolute Gasteiger partial charge is 0.493 e. The topological polar surface area (TPSA) is 39.2 Å². The molecule has 0 amide bonds. The van der Waals surface area contributed by atoms with Crippen LogP contribution in [0.15, 0.2) is 12.1 Å². The molecular formula is C15H22N2O2S. The second kappa shape index (κ2) is 5.87. The van der Waals surface area contributed by atoms with Crippen molar-refractivity contribution in [3.63, 3.8) is 0 Å². The second-order valence-electron chi connectivity index (χ2n) is 5.15. The van der Waals surface area contributed by atoms with Crippen molar-refractivity contribution in [2.24, 2.45) is 5.92 Å². The van der Waals surface area contributed by atoms with Crippen LogP contribution in [0.2, 0.25) is 0 Å². The van der Waals surface area contributed by atoms with Crippen LogP contribution in [-0.4, -0.2) is 23.8 Å². The Morgan fingerprint density at radius 3 is 2.35 bits per heavy atom. The minimum atomic E-state index is 0.333. The highest BCUT2D eigenvalue weighted by Gasteiger charge is 2.18. The van der Waals surface area contributed by atoms with Crippen molar-refractivity contribution in [2.75, 3.05) is 14.2 Å². The fourth-order valence-electron chi connectivity index (χ4n) is 2.45. The number of rotatable bonds is 5. The van der Waals surface area contributed by atoms with Gasteiger partial charge in [0.2, 0.25) is 0 Å². The molecule has 5 heteroatoms. The Hall–Kier alpha value is -1.49. The third kappa shape index (κ3) is 2.42. The Labute approximate surface area is 124 Å². The summed E-state index contributed by atoms with van der Waals surface area (Å²) in [5.41, 5.74) is 2.03. The zero-order valence-electron chi connectivity index (χ0n) is 12.7. The molecule has 1 N–H and O–H groups in total. The molecule has 2 unspecified atom stereocenters. The number of fused-ring (bicyclic) bond motifs is 1. The molecule has 0 saturated heterocycles. The minimum Gasteiger partial charge on any atom is -0.493 e. The highest BCUT2D eigenvalue weighted by molar-refractivity contribution is 7.71. The molecule has 0 bridgehead atoms. The zero-order chi connectivity index (χ0) is 14.9. The standard InChI is InChI=1S/C15H22N2O2S/c1-6-9(2)10(3)17-12-8-14(19-5)13(18-4)7-11(12)16-15(17)20/h7-10H,6H2,1-5H3,(H,16,20). The van der Waals surface area contributed by atoms with Crippen molar-refractivity contribution < 1.29 is 9.47 Å². The van der Waals surface area contributed by atoms with E-state index in [1.807, 2.05) is 12.1 Å². The molecule has 2 rings (SSSR count). The van der Waals surface area contributed by atoms with Crippen LogP contribution in [0.5, 0.6) is 11.5 Å². The lowest BCUT2D eigenvalue weighted by Gasteiger charge is -2.21. The minimum absolute atomic E-state index is 0.333. The molecule has 0 spiro atoms. The number of nitrogens with one attached hydrogen (secondary N) is 1. The summed E-state index contributed by atoms with van der Waals surface area (Å²) in [6, 6.07) is 4.25. The van der Waals surface area contributed by atoms with Gasteiger partial charge in [0.15, 0.2) is 16.3 Å². The van der Waals surface area contributed by atoms with Crippen LogP contribution in [0, 0.1) is 10.7 Å². The number of hydrogen-bond acceptors (Lipinski definition) is 3. The summed E-state index contributed by atoms with van der Waals surface area (Å²) in [5.74, 6) is 1.98. The number of hydrogen-bond donors (Lipinski definition) is 1. The second-order valence-corrected chi connectivity index (χ2v) is 5.54.